The molecule has 1 unspecified atom stereocenters. The van der Waals surface area contributed by atoms with Gasteiger partial charge in [-0.1, -0.05) is 19.3 Å². The number of nitrogens with one attached hydrogen (secondary N) is 1. The van der Waals surface area contributed by atoms with Gasteiger partial charge < -0.3 is 10.2 Å². The van der Waals surface area contributed by atoms with Gasteiger partial charge in [-0.2, -0.15) is 0 Å². The Balaban J connectivity index is 1.89. The highest BCUT2D eigenvalue weighted by atomic mass is 16.2. The van der Waals surface area contributed by atoms with Crippen molar-refractivity contribution in [1.29, 1.82) is 0 Å². The molecule has 1 N–H and O–H groups in total. The van der Waals surface area contributed by atoms with E-state index in [1.165, 1.54) is 19.3 Å². The highest BCUT2D eigenvalue weighted by Crippen LogP contribution is 2.43. The number of carbonyl (C=O) groups excluding carboxylic acids is 2. The molecule has 0 aromatic carbocycles. The molecule has 0 bridgehead atoms. The molecule has 3 fully saturated rings. The van der Waals surface area contributed by atoms with Crippen LogP contribution in [0.5, 0.6) is 0 Å². The second-order valence-electron chi connectivity index (χ2n) is 7.29. The third-order valence-corrected chi connectivity index (χ3v) is 5.63. The second kappa shape index (κ2) is 4.74. The normalized spacial score (nSPS) is 34.6. The van der Waals surface area contributed by atoms with Gasteiger partial charge in [-0.25, -0.2) is 0 Å². The molecule has 2 aliphatic carbocycles. The lowest BCUT2D eigenvalue weighted by Crippen LogP contribution is -2.61. The molecule has 1 atom stereocenters. The first-order chi connectivity index (χ1) is 9.46. The minimum Gasteiger partial charge on any atom is -0.342 e. The molecule has 4 heteroatoms. The molecule has 112 valence electrons. The van der Waals surface area contributed by atoms with Crippen molar-refractivity contribution >= 4 is 11.8 Å². The van der Waals surface area contributed by atoms with Crippen molar-refractivity contribution in [3.8, 4) is 0 Å². The molecular formula is C16H26N2O2. The van der Waals surface area contributed by atoms with Crippen LogP contribution in [-0.4, -0.2) is 34.3 Å². The standard InChI is InChI=1S/C16H26N2O2/c1-15(9-4-3-5-10-15)18-11-8-13(19)17-16(2,14(18)20)12-6-7-12/h12H,3-11H2,1-2H3,(H,17,19). The molecule has 1 aliphatic heterocycles. The summed E-state index contributed by atoms with van der Waals surface area (Å²) in [5, 5.41) is 3.02. The molecule has 2 saturated carbocycles. The fourth-order valence-corrected chi connectivity index (χ4v) is 4.04. The lowest BCUT2D eigenvalue weighted by atomic mass is 9.80. The van der Waals surface area contributed by atoms with Crippen LogP contribution in [0.3, 0.4) is 0 Å². The van der Waals surface area contributed by atoms with Crippen LogP contribution >= 0.6 is 0 Å². The molecule has 1 heterocycles. The van der Waals surface area contributed by atoms with E-state index in [1.54, 1.807) is 0 Å². The molecule has 0 aromatic heterocycles. The monoisotopic (exact) mass is 278 g/mol. The maximum absolute atomic E-state index is 13.1. The number of nitrogens with zero attached hydrogens (tertiary/aromatic N) is 1. The first-order valence-corrected chi connectivity index (χ1v) is 8.09. The molecule has 4 nitrogen and oxygen atoms in total. The average Bonchev–Trinajstić information content (AvgIpc) is 3.23. The summed E-state index contributed by atoms with van der Waals surface area (Å²) >= 11 is 0. The van der Waals surface area contributed by atoms with Crippen LogP contribution in [0.1, 0.15) is 65.2 Å². The van der Waals surface area contributed by atoms with E-state index in [1.807, 2.05) is 11.8 Å². The summed E-state index contributed by atoms with van der Waals surface area (Å²) in [6.07, 6.45) is 8.39. The van der Waals surface area contributed by atoms with Crippen LogP contribution in [0.25, 0.3) is 0 Å². The highest BCUT2D eigenvalue weighted by Gasteiger charge is 2.53. The van der Waals surface area contributed by atoms with Crippen LogP contribution in [0, 0.1) is 5.92 Å². The molecule has 2 amide bonds. The molecule has 3 rings (SSSR count). The number of carbonyl (C=O) groups is 2. The van der Waals surface area contributed by atoms with E-state index in [-0.39, 0.29) is 17.4 Å². The predicted octanol–water partition coefficient (Wildman–Crippen LogP) is 2.23. The van der Waals surface area contributed by atoms with Gasteiger partial charge in [0.25, 0.3) is 0 Å². The van der Waals surface area contributed by atoms with Crippen molar-refractivity contribution in [2.75, 3.05) is 6.54 Å². The van der Waals surface area contributed by atoms with Gasteiger partial charge in [0.2, 0.25) is 11.8 Å². The summed E-state index contributed by atoms with van der Waals surface area (Å²) in [4.78, 5) is 27.2. The Bertz CT molecular complexity index is 424. The number of rotatable bonds is 2. The van der Waals surface area contributed by atoms with Gasteiger partial charge in [0.15, 0.2) is 0 Å². The lowest BCUT2D eigenvalue weighted by Gasteiger charge is -2.46. The summed E-state index contributed by atoms with van der Waals surface area (Å²) in [5.74, 6) is 0.539. The van der Waals surface area contributed by atoms with Crippen molar-refractivity contribution in [3.05, 3.63) is 0 Å². The molecular weight excluding hydrogens is 252 g/mol. The van der Waals surface area contributed by atoms with Crippen molar-refractivity contribution in [2.45, 2.75) is 76.3 Å². The van der Waals surface area contributed by atoms with Crippen molar-refractivity contribution in [1.82, 2.24) is 10.2 Å². The summed E-state index contributed by atoms with van der Waals surface area (Å²) in [7, 11) is 0. The predicted molar refractivity (Wildman–Crippen MR) is 77.1 cm³/mol. The third-order valence-electron chi connectivity index (χ3n) is 5.63. The number of hydrogen-bond acceptors (Lipinski definition) is 2. The third kappa shape index (κ3) is 2.23. The maximum Gasteiger partial charge on any atom is 0.248 e. The molecule has 0 spiro atoms. The topological polar surface area (TPSA) is 49.4 Å². The van der Waals surface area contributed by atoms with Crippen LogP contribution in [0.2, 0.25) is 0 Å². The van der Waals surface area contributed by atoms with Gasteiger partial charge >= 0.3 is 0 Å². The Kier molecular flexibility index (Phi) is 3.30. The van der Waals surface area contributed by atoms with Crippen LogP contribution in [-0.2, 0) is 9.59 Å². The van der Waals surface area contributed by atoms with Crippen LogP contribution < -0.4 is 5.32 Å². The van der Waals surface area contributed by atoms with E-state index < -0.39 is 5.54 Å². The van der Waals surface area contributed by atoms with Crippen molar-refractivity contribution < 1.29 is 9.59 Å². The molecule has 3 aliphatic rings. The van der Waals surface area contributed by atoms with E-state index >= 15 is 0 Å². The Hall–Kier alpha value is -1.06. The Labute approximate surface area is 121 Å². The lowest BCUT2D eigenvalue weighted by molar-refractivity contribution is -0.145. The van der Waals surface area contributed by atoms with Crippen LogP contribution in [0.15, 0.2) is 0 Å². The zero-order chi connectivity index (χ0) is 14.4. The molecule has 0 aromatic rings. The zero-order valence-corrected chi connectivity index (χ0v) is 12.7. The Morgan fingerprint density at radius 1 is 1.10 bits per heavy atom. The van der Waals surface area contributed by atoms with Gasteiger partial charge in [0, 0.05) is 18.5 Å². The molecule has 0 radical (unpaired) electrons. The van der Waals surface area contributed by atoms with E-state index in [9.17, 15) is 9.59 Å². The van der Waals surface area contributed by atoms with E-state index in [0.29, 0.717) is 18.9 Å². The summed E-state index contributed by atoms with van der Waals surface area (Å²) in [6.45, 7) is 4.74. The fourth-order valence-electron chi connectivity index (χ4n) is 4.04. The van der Waals surface area contributed by atoms with Gasteiger partial charge in [0.05, 0.1) is 0 Å². The first kappa shape index (κ1) is 13.9. The van der Waals surface area contributed by atoms with E-state index in [0.717, 1.165) is 25.7 Å². The summed E-state index contributed by atoms with van der Waals surface area (Å²) < 4.78 is 0. The van der Waals surface area contributed by atoms with Gasteiger partial charge in [0.1, 0.15) is 5.54 Å². The van der Waals surface area contributed by atoms with Gasteiger partial charge in [-0.05, 0) is 45.4 Å². The summed E-state index contributed by atoms with van der Waals surface area (Å²) in [5.41, 5.74) is -0.703. The van der Waals surface area contributed by atoms with Gasteiger partial charge in [-0.3, -0.25) is 9.59 Å². The maximum atomic E-state index is 13.1. The SMILES string of the molecule is CC1(C2CC2)NC(=O)CCN(C2(C)CCCCC2)C1=O. The fraction of sp³-hybridized carbons (Fsp3) is 0.875. The quantitative estimate of drug-likeness (QED) is 0.842. The first-order valence-electron chi connectivity index (χ1n) is 8.09. The minimum atomic E-state index is -0.659. The van der Waals surface area contributed by atoms with E-state index in [4.69, 9.17) is 0 Å². The Morgan fingerprint density at radius 2 is 1.75 bits per heavy atom. The number of hydrogen-bond donors (Lipinski definition) is 1. The summed E-state index contributed by atoms with van der Waals surface area (Å²) in [6, 6.07) is 0. The molecule has 20 heavy (non-hydrogen) atoms. The smallest absolute Gasteiger partial charge is 0.248 e. The average molecular weight is 278 g/mol. The van der Waals surface area contributed by atoms with Crippen molar-refractivity contribution in [2.24, 2.45) is 5.92 Å². The van der Waals surface area contributed by atoms with Crippen LogP contribution in [0.4, 0.5) is 0 Å². The Morgan fingerprint density at radius 3 is 2.35 bits per heavy atom. The van der Waals surface area contributed by atoms with E-state index in [2.05, 4.69) is 12.2 Å². The minimum absolute atomic E-state index is 0.0367. The second-order valence-corrected chi connectivity index (χ2v) is 7.29. The van der Waals surface area contributed by atoms with Gasteiger partial charge in [-0.15, -0.1) is 0 Å². The van der Waals surface area contributed by atoms with Crippen molar-refractivity contribution in [3.63, 3.8) is 0 Å². The number of amides is 2. The molecule has 1 saturated heterocycles. The zero-order valence-electron chi connectivity index (χ0n) is 12.7. The highest BCUT2D eigenvalue weighted by molar-refractivity contribution is 5.94. The largest absolute Gasteiger partial charge is 0.342 e.